The second kappa shape index (κ2) is 9.55. The van der Waals surface area contributed by atoms with Crippen LogP contribution in [0, 0.1) is 0 Å². The molecule has 3 N–H and O–H groups in total. The van der Waals surface area contributed by atoms with Gasteiger partial charge in [0.25, 0.3) is 0 Å². The average Bonchev–Trinajstić information content (AvgIpc) is 2.70. The van der Waals surface area contributed by atoms with Crippen LogP contribution in [0.2, 0.25) is 10.0 Å². The van der Waals surface area contributed by atoms with E-state index in [1.165, 1.54) is 18.3 Å². The number of benzene rings is 2. The van der Waals surface area contributed by atoms with Crippen LogP contribution >= 0.6 is 23.2 Å². The van der Waals surface area contributed by atoms with Gasteiger partial charge in [0.05, 0.1) is 27.5 Å². The lowest BCUT2D eigenvalue weighted by Gasteiger charge is -2.14. The molecule has 3 aromatic rings. The number of nitrogens with two attached hydrogens (primary N) is 1. The number of aromatic nitrogens is 1. The Hall–Kier alpha value is -2.48. The van der Waals surface area contributed by atoms with Crippen LogP contribution in [-0.2, 0) is 19.1 Å². The second-order valence-corrected chi connectivity index (χ2v) is 7.26. The summed E-state index contributed by atoms with van der Waals surface area (Å²) in [4.78, 5) is 4.14. The third-order valence-corrected chi connectivity index (χ3v) is 4.98. The van der Waals surface area contributed by atoms with Gasteiger partial charge in [-0.1, -0.05) is 35.3 Å². The van der Waals surface area contributed by atoms with Crippen molar-refractivity contribution >= 4 is 28.9 Å². The molecule has 0 aliphatic rings. The van der Waals surface area contributed by atoms with Gasteiger partial charge in [0, 0.05) is 12.6 Å². The summed E-state index contributed by atoms with van der Waals surface area (Å²) in [7, 11) is 0. The van der Waals surface area contributed by atoms with Gasteiger partial charge in [-0.15, -0.1) is 0 Å². The summed E-state index contributed by atoms with van der Waals surface area (Å²) < 4.78 is 45.3. The predicted octanol–water partition coefficient (Wildman–Crippen LogP) is 6.31. The summed E-state index contributed by atoms with van der Waals surface area (Å²) in [5.41, 5.74) is 6.41. The fourth-order valence-electron chi connectivity index (χ4n) is 2.78. The van der Waals surface area contributed by atoms with E-state index in [1.807, 2.05) is 6.07 Å². The number of nitrogens with zero attached hydrogens (tertiary/aromatic N) is 1. The van der Waals surface area contributed by atoms with E-state index in [0.717, 1.165) is 11.6 Å². The van der Waals surface area contributed by atoms with E-state index >= 15 is 0 Å². The topological polar surface area (TPSA) is 60.2 Å². The summed E-state index contributed by atoms with van der Waals surface area (Å²) in [6.45, 7) is 0.623. The van der Waals surface area contributed by atoms with Crippen molar-refractivity contribution in [3.63, 3.8) is 0 Å². The Morgan fingerprint density at radius 1 is 1.00 bits per heavy atom. The van der Waals surface area contributed by atoms with Gasteiger partial charge in [0.15, 0.2) is 0 Å². The number of ether oxygens (including phenoxy) is 1. The SMILES string of the molecule is NCCc1ccc(Oc2ccc(NCc3ccc(Cl)c(Cl)c3)cn2)cc1C(F)(F)F. The number of pyridine rings is 1. The minimum Gasteiger partial charge on any atom is -0.439 e. The van der Waals surface area contributed by atoms with Crippen LogP contribution in [0.1, 0.15) is 16.7 Å². The molecule has 0 saturated carbocycles. The standard InChI is InChI=1S/C21H18Cl2F3N3O/c22-18-5-1-13(9-19(18)23)11-28-15-3-6-20(29-12-15)30-16-4-2-14(7-8-27)17(10-16)21(24,25)26/h1-6,9-10,12,28H,7-8,11,27H2. The Morgan fingerprint density at radius 2 is 1.80 bits per heavy atom. The zero-order valence-electron chi connectivity index (χ0n) is 15.6. The smallest absolute Gasteiger partial charge is 0.416 e. The van der Waals surface area contributed by atoms with Crippen molar-refractivity contribution in [3.8, 4) is 11.6 Å². The van der Waals surface area contributed by atoms with Crippen LogP contribution in [0.3, 0.4) is 0 Å². The molecule has 1 heterocycles. The number of anilines is 1. The van der Waals surface area contributed by atoms with E-state index in [2.05, 4.69) is 10.3 Å². The molecule has 30 heavy (non-hydrogen) atoms. The quantitative estimate of drug-likeness (QED) is 0.437. The highest BCUT2D eigenvalue weighted by Gasteiger charge is 2.33. The first kappa shape index (κ1) is 22.2. The molecule has 0 radical (unpaired) electrons. The minimum atomic E-state index is -4.49. The van der Waals surface area contributed by atoms with Crippen LogP contribution in [0.4, 0.5) is 18.9 Å². The van der Waals surface area contributed by atoms with E-state index in [0.29, 0.717) is 22.3 Å². The Morgan fingerprint density at radius 3 is 2.43 bits per heavy atom. The lowest BCUT2D eigenvalue weighted by atomic mass is 10.0. The third kappa shape index (κ3) is 5.78. The summed E-state index contributed by atoms with van der Waals surface area (Å²) in [5.74, 6) is 0.224. The first-order valence-corrected chi connectivity index (χ1v) is 9.74. The first-order chi connectivity index (χ1) is 14.3. The highest BCUT2D eigenvalue weighted by atomic mass is 35.5. The normalized spacial score (nSPS) is 11.4. The molecule has 2 aromatic carbocycles. The molecule has 0 aliphatic heterocycles. The van der Waals surface area contributed by atoms with Crippen molar-refractivity contribution < 1.29 is 17.9 Å². The third-order valence-electron chi connectivity index (χ3n) is 4.24. The van der Waals surface area contributed by atoms with Crippen LogP contribution in [0.5, 0.6) is 11.6 Å². The number of alkyl halides is 3. The molecule has 0 amide bonds. The molecule has 0 bridgehead atoms. The number of hydrogen-bond donors (Lipinski definition) is 2. The lowest BCUT2D eigenvalue weighted by molar-refractivity contribution is -0.138. The Bertz CT molecular complexity index is 1010. The van der Waals surface area contributed by atoms with Gasteiger partial charge in [-0.2, -0.15) is 13.2 Å². The Balaban J connectivity index is 1.67. The van der Waals surface area contributed by atoms with Gasteiger partial charge in [-0.3, -0.25) is 0 Å². The number of rotatable bonds is 7. The maximum Gasteiger partial charge on any atom is 0.416 e. The van der Waals surface area contributed by atoms with Crippen LogP contribution in [0.15, 0.2) is 54.7 Å². The van der Waals surface area contributed by atoms with Crippen molar-refractivity contribution in [2.24, 2.45) is 5.73 Å². The van der Waals surface area contributed by atoms with Gasteiger partial charge in [-0.05, 0) is 54.4 Å². The maximum absolute atomic E-state index is 13.3. The van der Waals surface area contributed by atoms with E-state index in [1.54, 1.807) is 24.3 Å². The number of nitrogens with one attached hydrogen (secondary N) is 1. The molecule has 3 rings (SSSR count). The molecule has 0 unspecified atom stereocenters. The molecule has 0 spiro atoms. The van der Waals surface area contributed by atoms with Crippen molar-refractivity contribution in [1.82, 2.24) is 4.98 Å². The Kier molecular flexibility index (Phi) is 7.07. The Labute approximate surface area is 181 Å². The molecule has 1 aromatic heterocycles. The molecular formula is C21H18Cl2F3N3O. The van der Waals surface area contributed by atoms with Gasteiger partial charge in [0.1, 0.15) is 5.75 Å². The molecule has 0 fully saturated rings. The first-order valence-electron chi connectivity index (χ1n) is 8.98. The average molecular weight is 456 g/mol. The van der Waals surface area contributed by atoms with E-state index in [9.17, 15) is 13.2 Å². The second-order valence-electron chi connectivity index (χ2n) is 6.44. The van der Waals surface area contributed by atoms with Crippen molar-refractivity contribution in [2.45, 2.75) is 19.1 Å². The zero-order chi connectivity index (χ0) is 21.7. The van der Waals surface area contributed by atoms with E-state index in [4.69, 9.17) is 33.7 Å². The highest BCUT2D eigenvalue weighted by Crippen LogP contribution is 2.35. The fraction of sp³-hybridized carbons (Fsp3) is 0.190. The fourth-order valence-corrected chi connectivity index (χ4v) is 3.10. The van der Waals surface area contributed by atoms with Crippen LogP contribution in [-0.4, -0.2) is 11.5 Å². The van der Waals surface area contributed by atoms with Crippen molar-refractivity contribution in [1.29, 1.82) is 0 Å². The molecule has 9 heteroatoms. The molecule has 0 aliphatic carbocycles. The van der Waals surface area contributed by atoms with Crippen molar-refractivity contribution in [2.75, 3.05) is 11.9 Å². The van der Waals surface area contributed by atoms with Gasteiger partial charge in [0.2, 0.25) is 5.88 Å². The number of halogens is 5. The van der Waals surface area contributed by atoms with Crippen molar-refractivity contribution in [3.05, 3.63) is 81.5 Å². The molecule has 158 valence electrons. The number of hydrogen-bond acceptors (Lipinski definition) is 4. The summed E-state index contributed by atoms with van der Waals surface area (Å²) >= 11 is 11.9. The van der Waals surface area contributed by atoms with Gasteiger partial charge >= 0.3 is 6.18 Å². The van der Waals surface area contributed by atoms with E-state index in [-0.39, 0.29) is 30.2 Å². The minimum absolute atomic E-state index is 0.0483. The lowest BCUT2D eigenvalue weighted by Crippen LogP contribution is -2.12. The van der Waals surface area contributed by atoms with Gasteiger partial charge < -0.3 is 15.8 Å². The summed E-state index contributed by atoms with van der Waals surface area (Å²) in [6.07, 6.45) is -2.83. The molecular weight excluding hydrogens is 438 g/mol. The monoisotopic (exact) mass is 455 g/mol. The molecule has 0 saturated heterocycles. The molecule has 0 atom stereocenters. The van der Waals surface area contributed by atoms with E-state index < -0.39 is 11.7 Å². The zero-order valence-corrected chi connectivity index (χ0v) is 17.2. The highest BCUT2D eigenvalue weighted by molar-refractivity contribution is 6.42. The van der Waals surface area contributed by atoms with Crippen LogP contribution < -0.4 is 15.8 Å². The van der Waals surface area contributed by atoms with Gasteiger partial charge in [-0.25, -0.2) is 4.98 Å². The summed E-state index contributed by atoms with van der Waals surface area (Å²) in [5, 5.41) is 4.12. The predicted molar refractivity (Wildman–Crippen MR) is 112 cm³/mol. The molecule has 4 nitrogen and oxygen atoms in total. The summed E-state index contributed by atoms with van der Waals surface area (Å²) in [6, 6.07) is 12.4. The largest absolute Gasteiger partial charge is 0.439 e. The van der Waals surface area contributed by atoms with Crippen LogP contribution in [0.25, 0.3) is 0 Å². The maximum atomic E-state index is 13.3.